The van der Waals surface area contributed by atoms with Crippen molar-refractivity contribution >= 4 is 0 Å². The molecule has 3 rings (SSSR count). The van der Waals surface area contributed by atoms with Gasteiger partial charge in [0.05, 0.1) is 0 Å². The van der Waals surface area contributed by atoms with Crippen LogP contribution in [0.4, 0.5) is 0 Å². The summed E-state index contributed by atoms with van der Waals surface area (Å²) in [6.07, 6.45) is 7.26. The number of hydrogen-bond acceptors (Lipinski definition) is 1. The minimum absolute atomic E-state index is 0.633. The predicted molar refractivity (Wildman–Crippen MR) is 124 cm³/mol. The average Bonchev–Trinajstić information content (AvgIpc) is 2.74. The molecule has 1 aliphatic rings. The summed E-state index contributed by atoms with van der Waals surface area (Å²) in [4.78, 5) is 2.47. The van der Waals surface area contributed by atoms with Crippen LogP contribution in [0.2, 0.25) is 0 Å². The zero-order valence-electron chi connectivity index (χ0n) is 18.7. The maximum Gasteiger partial charge on any atom is 0.0165 e. The summed E-state index contributed by atoms with van der Waals surface area (Å²) in [5.74, 6) is 0.633. The van der Waals surface area contributed by atoms with E-state index in [1.54, 1.807) is 5.57 Å². The SMILES string of the molecule is CCC(Cc1ccc(C)cc1)c1ccccc1C.CCC1=CCN(CC)CC1. The molecule has 0 fully saturated rings. The van der Waals surface area contributed by atoms with Crippen molar-refractivity contribution in [1.82, 2.24) is 4.90 Å². The third kappa shape index (κ3) is 6.95. The van der Waals surface area contributed by atoms with Crippen LogP contribution in [-0.2, 0) is 6.42 Å². The van der Waals surface area contributed by atoms with Crippen molar-refractivity contribution in [2.75, 3.05) is 19.6 Å². The molecule has 1 heteroatoms. The van der Waals surface area contributed by atoms with E-state index in [4.69, 9.17) is 0 Å². The van der Waals surface area contributed by atoms with Crippen LogP contribution in [0.15, 0.2) is 60.2 Å². The molecule has 0 aliphatic carbocycles. The molecule has 0 radical (unpaired) electrons. The minimum Gasteiger partial charge on any atom is -0.300 e. The first-order valence-corrected chi connectivity index (χ1v) is 11.1. The summed E-state index contributed by atoms with van der Waals surface area (Å²) >= 11 is 0. The molecule has 2 aromatic rings. The number of hydrogen-bond donors (Lipinski definition) is 0. The largest absolute Gasteiger partial charge is 0.300 e. The molecule has 0 spiro atoms. The Morgan fingerprint density at radius 3 is 2.18 bits per heavy atom. The van der Waals surface area contributed by atoms with Crippen LogP contribution in [0.25, 0.3) is 0 Å². The highest BCUT2D eigenvalue weighted by molar-refractivity contribution is 5.31. The Labute approximate surface area is 173 Å². The molecule has 0 aromatic heterocycles. The van der Waals surface area contributed by atoms with Gasteiger partial charge in [-0.1, -0.05) is 86.5 Å². The first kappa shape index (κ1) is 22.4. The van der Waals surface area contributed by atoms with E-state index in [0.717, 1.165) is 6.42 Å². The number of rotatable bonds is 6. The summed E-state index contributed by atoms with van der Waals surface area (Å²) in [5, 5.41) is 0. The highest BCUT2D eigenvalue weighted by Crippen LogP contribution is 2.26. The van der Waals surface area contributed by atoms with Crippen molar-refractivity contribution in [3.8, 4) is 0 Å². The second-order valence-corrected chi connectivity index (χ2v) is 8.01. The molecular weight excluding hydrogens is 338 g/mol. The van der Waals surface area contributed by atoms with E-state index in [2.05, 4.69) is 94.1 Å². The molecule has 1 nitrogen and oxygen atoms in total. The Hall–Kier alpha value is -1.86. The van der Waals surface area contributed by atoms with E-state index in [0.29, 0.717) is 5.92 Å². The van der Waals surface area contributed by atoms with Crippen molar-refractivity contribution in [2.24, 2.45) is 0 Å². The number of likely N-dealkylation sites (N-methyl/N-ethyl adjacent to an activating group) is 1. The quantitative estimate of drug-likeness (QED) is 0.486. The first-order chi connectivity index (χ1) is 13.6. The Balaban J connectivity index is 0.000000237. The molecular formula is C27H39N. The molecule has 28 heavy (non-hydrogen) atoms. The lowest BCUT2D eigenvalue weighted by Crippen LogP contribution is -2.28. The van der Waals surface area contributed by atoms with E-state index >= 15 is 0 Å². The number of benzene rings is 2. The maximum absolute atomic E-state index is 2.47. The Morgan fingerprint density at radius 1 is 0.929 bits per heavy atom. The van der Waals surface area contributed by atoms with Crippen molar-refractivity contribution in [2.45, 2.75) is 66.2 Å². The van der Waals surface area contributed by atoms with Gasteiger partial charge >= 0.3 is 0 Å². The standard InChI is InChI=1S/C18H22.C9H17N/c1-4-17(18-8-6-5-7-15(18)3)13-16-11-9-14(2)10-12-16;1-3-9-5-7-10(4-2)8-6-9/h5-12,17H,4,13H2,1-3H3;5H,3-4,6-8H2,1-2H3. The van der Waals surface area contributed by atoms with Crippen LogP contribution in [-0.4, -0.2) is 24.5 Å². The van der Waals surface area contributed by atoms with Crippen LogP contribution in [0, 0.1) is 13.8 Å². The molecule has 2 aromatic carbocycles. The molecule has 152 valence electrons. The molecule has 1 aliphatic heterocycles. The fraction of sp³-hybridized carbons (Fsp3) is 0.481. The predicted octanol–water partition coefficient (Wildman–Crippen LogP) is 7.09. The van der Waals surface area contributed by atoms with Gasteiger partial charge < -0.3 is 0 Å². The molecule has 0 N–H and O–H groups in total. The van der Waals surface area contributed by atoms with E-state index in [1.165, 1.54) is 61.2 Å². The minimum atomic E-state index is 0.633. The lowest BCUT2D eigenvalue weighted by atomic mass is 9.87. The molecule has 0 amide bonds. The molecule has 0 saturated heterocycles. The highest BCUT2D eigenvalue weighted by atomic mass is 15.1. The van der Waals surface area contributed by atoms with Gasteiger partial charge in [0, 0.05) is 13.1 Å². The average molecular weight is 378 g/mol. The fourth-order valence-corrected chi connectivity index (χ4v) is 3.89. The van der Waals surface area contributed by atoms with Crippen LogP contribution < -0.4 is 0 Å². The molecule has 1 heterocycles. The van der Waals surface area contributed by atoms with Gasteiger partial charge in [0.25, 0.3) is 0 Å². The molecule has 1 atom stereocenters. The zero-order valence-corrected chi connectivity index (χ0v) is 18.7. The summed E-state index contributed by atoms with van der Waals surface area (Å²) in [7, 11) is 0. The lowest BCUT2D eigenvalue weighted by Gasteiger charge is -2.24. The fourth-order valence-electron chi connectivity index (χ4n) is 3.89. The van der Waals surface area contributed by atoms with Gasteiger partial charge in [0.15, 0.2) is 0 Å². The summed E-state index contributed by atoms with van der Waals surface area (Å²) in [6, 6.07) is 17.7. The van der Waals surface area contributed by atoms with Crippen LogP contribution in [0.5, 0.6) is 0 Å². The Kier molecular flexibility index (Phi) is 9.50. The highest BCUT2D eigenvalue weighted by Gasteiger charge is 2.12. The van der Waals surface area contributed by atoms with Gasteiger partial charge in [-0.25, -0.2) is 0 Å². The van der Waals surface area contributed by atoms with Gasteiger partial charge in [-0.3, -0.25) is 4.90 Å². The third-order valence-corrected chi connectivity index (χ3v) is 6.01. The van der Waals surface area contributed by atoms with Crippen LogP contribution >= 0.6 is 0 Å². The lowest BCUT2D eigenvalue weighted by molar-refractivity contribution is 0.308. The number of nitrogens with zero attached hydrogens (tertiary/aromatic N) is 1. The zero-order chi connectivity index (χ0) is 20.4. The van der Waals surface area contributed by atoms with E-state index < -0.39 is 0 Å². The van der Waals surface area contributed by atoms with Crippen molar-refractivity contribution < 1.29 is 0 Å². The molecule has 0 bridgehead atoms. The monoisotopic (exact) mass is 377 g/mol. The van der Waals surface area contributed by atoms with Crippen LogP contribution in [0.3, 0.4) is 0 Å². The third-order valence-electron chi connectivity index (χ3n) is 6.01. The van der Waals surface area contributed by atoms with Crippen molar-refractivity contribution in [3.05, 3.63) is 82.4 Å². The van der Waals surface area contributed by atoms with E-state index in [9.17, 15) is 0 Å². The molecule has 1 unspecified atom stereocenters. The summed E-state index contributed by atoms with van der Waals surface area (Å²) in [5.41, 5.74) is 7.33. The van der Waals surface area contributed by atoms with Gasteiger partial charge in [-0.2, -0.15) is 0 Å². The van der Waals surface area contributed by atoms with Gasteiger partial charge in [0.2, 0.25) is 0 Å². The number of aryl methyl sites for hydroxylation is 2. The van der Waals surface area contributed by atoms with E-state index in [1.807, 2.05) is 0 Å². The van der Waals surface area contributed by atoms with Crippen molar-refractivity contribution in [1.29, 1.82) is 0 Å². The van der Waals surface area contributed by atoms with Crippen molar-refractivity contribution in [3.63, 3.8) is 0 Å². The summed E-state index contributed by atoms with van der Waals surface area (Å²) in [6.45, 7) is 14.8. The van der Waals surface area contributed by atoms with Gasteiger partial charge in [0.1, 0.15) is 0 Å². The smallest absolute Gasteiger partial charge is 0.0165 e. The Bertz CT molecular complexity index is 726. The molecule has 0 saturated carbocycles. The van der Waals surface area contributed by atoms with E-state index in [-0.39, 0.29) is 0 Å². The Morgan fingerprint density at radius 2 is 1.64 bits per heavy atom. The maximum atomic E-state index is 2.47. The topological polar surface area (TPSA) is 3.24 Å². The second-order valence-electron chi connectivity index (χ2n) is 8.01. The van der Waals surface area contributed by atoms with Gasteiger partial charge in [-0.05, 0) is 68.7 Å². The first-order valence-electron chi connectivity index (χ1n) is 11.1. The summed E-state index contributed by atoms with van der Waals surface area (Å²) < 4.78 is 0. The van der Waals surface area contributed by atoms with Gasteiger partial charge in [-0.15, -0.1) is 0 Å². The van der Waals surface area contributed by atoms with Crippen LogP contribution in [0.1, 0.15) is 68.2 Å². The second kappa shape index (κ2) is 11.9. The normalized spacial score (nSPS) is 15.4.